The van der Waals surface area contributed by atoms with Crippen molar-refractivity contribution in [2.24, 2.45) is 12.0 Å². The van der Waals surface area contributed by atoms with E-state index in [1.807, 2.05) is 0 Å². The van der Waals surface area contributed by atoms with Gasteiger partial charge in [0.1, 0.15) is 5.15 Å². The highest BCUT2D eigenvalue weighted by Gasteiger charge is 2.43. The van der Waals surface area contributed by atoms with Crippen molar-refractivity contribution in [3.63, 3.8) is 0 Å². The summed E-state index contributed by atoms with van der Waals surface area (Å²) >= 11 is 5.81. The third kappa shape index (κ3) is 4.34. The van der Waals surface area contributed by atoms with Crippen LogP contribution in [0.5, 0.6) is 5.75 Å². The molecule has 12 heteroatoms. The molecule has 158 valence electrons. The largest absolute Gasteiger partial charge is 0.431 e. The van der Waals surface area contributed by atoms with Gasteiger partial charge in [0.2, 0.25) is 0 Å². The molecule has 0 fully saturated rings. The third-order valence-electron chi connectivity index (χ3n) is 4.39. The van der Waals surface area contributed by atoms with Crippen LogP contribution < -0.4 is 10.2 Å². The van der Waals surface area contributed by atoms with Gasteiger partial charge in [-0.05, 0) is 24.1 Å². The number of rotatable bonds is 3. The fourth-order valence-electron chi connectivity index (χ4n) is 3.15. The molecule has 0 saturated carbocycles. The van der Waals surface area contributed by atoms with Crippen molar-refractivity contribution < 1.29 is 35.5 Å². The summed E-state index contributed by atoms with van der Waals surface area (Å²) in [6.07, 6.45) is -3.80. The van der Waals surface area contributed by atoms with Crippen LogP contribution in [0.2, 0.25) is 5.15 Å². The summed E-state index contributed by atoms with van der Waals surface area (Å²) in [5.74, 6) is -4.09. The van der Waals surface area contributed by atoms with Crippen LogP contribution in [0.3, 0.4) is 0 Å². The monoisotopic (exact) mass is 443 g/mol. The molecule has 4 nitrogen and oxygen atoms in total. The van der Waals surface area contributed by atoms with Crippen LogP contribution in [-0.2, 0) is 19.1 Å². The second kappa shape index (κ2) is 7.51. The van der Waals surface area contributed by atoms with Gasteiger partial charge in [0.05, 0.1) is 17.2 Å². The van der Waals surface area contributed by atoms with Crippen molar-refractivity contribution >= 4 is 11.6 Å². The summed E-state index contributed by atoms with van der Waals surface area (Å²) in [7, 11) is 1.16. The molecule has 29 heavy (non-hydrogen) atoms. The van der Waals surface area contributed by atoms with E-state index in [9.17, 15) is 30.7 Å². The van der Waals surface area contributed by atoms with Crippen LogP contribution in [0.4, 0.5) is 30.7 Å². The van der Waals surface area contributed by atoms with E-state index in [0.717, 1.165) is 11.6 Å². The molecule has 0 spiro atoms. The SMILES string of the molecule is Cn1cc(C(F)(F)F)cc(OC(F)F)/c1=N/C1CCC(F)(F)c2c1ccnc2Cl. The van der Waals surface area contributed by atoms with Gasteiger partial charge in [0, 0.05) is 25.9 Å². The first-order valence-electron chi connectivity index (χ1n) is 8.19. The van der Waals surface area contributed by atoms with Crippen LogP contribution in [0.1, 0.15) is 35.6 Å². The number of hydrogen-bond donors (Lipinski definition) is 0. The number of alkyl halides is 7. The molecule has 2 aromatic heterocycles. The Bertz CT molecular complexity index is 988. The van der Waals surface area contributed by atoms with E-state index < -0.39 is 53.2 Å². The highest BCUT2D eigenvalue weighted by molar-refractivity contribution is 6.30. The topological polar surface area (TPSA) is 39.4 Å². The van der Waals surface area contributed by atoms with Gasteiger partial charge in [-0.1, -0.05) is 11.6 Å². The van der Waals surface area contributed by atoms with Crippen molar-refractivity contribution in [2.45, 2.75) is 37.6 Å². The van der Waals surface area contributed by atoms with E-state index >= 15 is 0 Å². The van der Waals surface area contributed by atoms with Crippen LogP contribution in [0, 0.1) is 0 Å². The lowest BCUT2D eigenvalue weighted by molar-refractivity contribution is -0.138. The maximum Gasteiger partial charge on any atom is 0.417 e. The molecule has 0 amide bonds. The Morgan fingerprint density at radius 2 is 2.03 bits per heavy atom. The lowest BCUT2D eigenvalue weighted by Gasteiger charge is -2.29. The summed E-state index contributed by atoms with van der Waals surface area (Å²) < 4.78 is 98.1. The maximum atomic E-state index is 14.3. The van der Waals surface area contributed by atoms with Crippen molar-refractivity contribution in [2.75, 3.05) is 0 Å². The lowest BCUT2D eigenvalue weighted by atomic mass is 9.86. The van der Waals surface area contributed by atoms with Crippen LogP contribution in [-0.4, -0.2) is 16.2 Å². The van der Waals surface area contributed by atoms with E-state index in [1.54, 1.807) is 0 Å². The minimum absolute atomic E-state index is 0.0177. The van der Waals surface area contributed by atoms with Gasteiger partial charge in [0.15, 0.2) is 11.2 Å². The van der Waals surface area contributed by atoms with Crippen LogP contribution in [0.25, 0.3) is 0 Å². The zero-order valence-corrected chi connectivity index (χ0v) is 15.4. The number of aromatic nitrogens is 2. The molecule has 1 aliphatic carbocycles. The molecular weight excluding hydrogens is 431 g/mol. The van der Waals surface area contributed by atoms with Crippen molar-refractivity contribution in [3.05, 3.63) is 51.9 Å². The smallest absolute Gasteiger partial charge is 0.417 e. The molecule has 0 saturated heterocycles. The average Bonchev–Trinajstić information content (AvgIpc) is 2.58. The second-order valence-electron chi connectivity index (χ2n) is 6.36. The van der Waals surface area contributed by atoms with Gasteiger partial charge in [-0.3, -0.25) is 4.99 Å². The lowest BCUT2D eigenvalue weighted by Crippen LogP contribution is -2.28. The quantitative estimate of drug-likeness (QED) is 0.482. The Labute approximate surface area is 164 Å². The first kappa shape index (κ1) is 21.4. The van der Waals surface area contributed by atoms with Crippen molar-refractivity contribution in [1.29, 1.82) is 0 Å². The molecule has 0 radical (unpaired) electrons. The van der Waals surface area contributed by atoms with Crippen LogP contribution in [0.15, 0.2) is 29.5 Å². The minimum Gasteiger partial charge on any atom is -0.431 e. The summed E-state index contributed by atoms with van der Waals surface area (Å²) in [5, 5.41) is -0.423. The Hall–Kier alpha value is -2.30. The molecule has 0 aromatic carbocycles. The fourth-order valence-corrected chi connectivity index (χ4v) is 3.45. The molecule has 2 aromatic rings. The van der Waals surface area contributed by atoms with E-state index in [0.29, 0.717) is 12.3 Å². The number of fused-ring (bicyclic) bond motifs is 1. The normalized spacial score (nSPS) is 19.4. The molecular formula is C17H13ClF7N3O. The molecule has 3 rings (SSSR count). The number of halogens is 8. The number of hydrogen-bond acceptors (Lipinski definition) is 3. The number of aryl methyl sites for hydroxylation is 1. The second-order valence-corrected chi connectivity index (χ2v) is 6.72. The van der Waals surface area contributed by atoms with Gasteiger partial charge in [0.25, 0.3) is 5.92 Å². The van der Waals surface area contributed by atoms with Gasteiger partial charge < -0.3 is 9.30 Å². The molecule has 0 bridgehead atoms. The van der Waals surface area contributed by atoms with Gasteiger partial charge in [-0.15, -0.1) is 0 Å². The van der Waals surface area contributed by atoms with Gasteiger partial charge in [-0.2, -0.15) is 22.0 Å². The Balaban J connectivity index is 2.20. The molecule has 1 aliphatic rings. The summed E-state index contributed by atoms with van der Waals surface area (Å²) in [6, 6.07) is 0.691. The molecule has 2 heterocycles. The standard InChI is InChI=1S/C17H13ClF7N3O/c1-28-7-8(17(23,24)25)6-11(29-15(19)20)14(28)27-10-2-4-16(21,22)12-9(10)3-5-26-13(12)18/h3,5-7,10,15H,2,4H2,1H3/b27-14-. The van der Waals surface area contributed by atoms with Crippen LogP contribution >= 0.6 is 11.6 Å². The van der Waals surface area contributed by atoms with E-state index in [2.05, 4.69) is 14.7 Å². The molecule has 0 N–H and O–H groups in total. The first-order valence-corrected chi connectivity index (χ1v) is 8.57. The molecule has 1 unspecified atom stereocenters. The molecule has 1 atom stereocenters. The predicted octanol–water partition coefficient (Wildman–Crippen LogP) is 5.22. The minimum atomic E-state index is -4.81. The number of pyridine rings is 2. The predicted molar refractivity (Wildman–Crippen MR) is 87.7 cm³/mol. The summed E-state index contributed by atoms with van der Waals surface area (Å²) in [4.78, 5) is 7.79. The van der Waals surface area contributed by atoms with Gasteiger partial charge >= 0.3 is 12.8 Å². The molecule has 0 aliphatic heterocycles. The fraction of sp³-hybridized carbons (Fsp3) is 0.412. The highest BCUT2D eigenvalue weighted by atomic mass is 35.5. The maximum absolute atomic E-state index is 14.3. The zero-order chi connectivity index (χ0) is 21.6. The van der Waals surface area contributed by atoms with E-state index in [1.165, 1.54) is 12.3 Å². The summed E-state index contributed by atoms with van der Waals surface area (Å²) in [6.45, 7) is -3.41. The van der Waals surface area contributed by atoms with Crippen molar-refractivity contribution in [3.8, 4) is 5.75 Å². The number of nitrogens with zero attached hydrogens (tertiary/aromatic N) is 3. The average molecular weight is 444 g/mol. The first-order chi connectivity index (χ1) is 13.4. The summed E-state index contributed by atoms with van der Waals surface area (Å²) in [5.41, 5.74) is -2.10. The van der Waals surface area contributed by atoms with Gasteiger partial charge in [-0.25, -0.2) is 13.8 Å². The number of ether oxygens (including phenoxy) is 1. The third-order valence-corrected chi connectivity index (χ3v) is 4.68. The Morgan fingerprint density at radius 3 is 2.66 bits per heavy atom. The Morgan fingerprint density at radius 1 is 1.34 bits per heavy atom. The van der Waals surface area contributed by atoms with E-state index in [4.69, 9.17) is 11.6 Å². The highest BCUT2D eigenvalue weighted by Crippen LogP contribution is 2.47. The van der Waals surface area contributed by atoms with E-state index in [-0.39, 0.29) is 17.5 Å². The zero-order valence-electron chi connectivity index (χ0n) is 14.7. The Kier molecular flexibility index (Phi) is 5.54. The van der Waals surface area contributed by atoms with Crippen molar-refractivity contribution in [1.82, 2.24) is 9.55 Å².